The van der Waals surface area contributed by atoms with Crippen LogP contribution in [0.25, 0.3) is 0 Å². The summed E-state index contributed by atoms with van der Waals surface area (Å²) in [6, 6.07) is 17.4. The van der Waals surface area contributed by atoms with Gasteiger partial charge in [0.25, 0.3) is 0 Å². The van der Waals surface area contributed by atoms with Crippen molar-refractivity contribution >= 4 is 5.69 Å². The first kappa shape index (κ1) is 17.5. The molecule has 0 aliphatic rings. The highest BCUT2D eigenvalue weighted by Crippen LogP contribution is 2.17. The lowest BCUT2D eigenvalue weighted by Crippen LogP contribution is -2.02. The first-order chi connectivity index (χ1) is 12.8. The second-order valence-corrected chi connectivity index (χ2v) is 5.82. The van der Waals surface area contributed by atoms with Crippen LogP contribution >= 0.6 is 0 Å². The number of anilines is 1. The first-order valence-electron chi connectivity index (χ1n) is 8.35. The van der Waals surface area contributed by atoms with E-state index < -0.39 is 0 Å². The zero-order chi connectivity index (χ0) is 18.2. The number of nitrogens with one attached hydrogen (secondary N) is 1. The van der Waals surface area contributed by atoms with Crippen LogP contribution in [-0.4, -0.2) is 21.5 Å². The van der Waals surface area contributed by atoms with Crippen LogP contribution in [0, 0.1) is 11.3 Å². The van der Waals surface area contributed by atoms with Crippen LogP contribution < -0.4 is 10.1 Å². The van der Waals surface area contributed by atoms with Gasteiger partial charge in [-0.05, 0) is 35.4 Å². The second-order valence-electron chi connectivity index (χ2n) is 5.82. The van der Waals surface area contributed by atoms with Gasteiger partial charge in [-0.3, -0.25) is 4.68 Å². The van der Waals surface area contributed by atoms with E-state index in [1.165, 1.54) is 0 Å². The normalized spacial score (nSPS) is 10.3. The summed E-state index contributed by atoms with van der Waals surface area (Å²) in [4.78, 5) is 0. The fourth-order valence-electron chi connectivity index (χ4n) is 2.53. The average Bonchev–Trinajstić information content (AvgIpc) is 3.13. The SMILES string of the molecule is N#Cc1cccc(COc2cccc(CNc3cnn(CCO)c3)c2)c1. The second kappa shape index (κ2) is 8.70. The third kappa shape index (κ3) is 4.85. The molecule has 26 heavy (non-hydrogen) atoms. The van der Waals surface area contributed by atoms with E-state index in [1.54, 1.807) is 16.9 Å². The molecule has 0 unspecified atom stereocenters. The van der Waals surface area contributed by atoms with E-state index in [1.807, 2.05) is 48.7 Å². The van der Waals surface area contributed by atoms with Crippen LogP contribution in [-0.2, 0) is 19.7 Å². The molecule has 1 aromatic heterocycles. The minimum atomic E-state index is 0.0672. The molecule has 6 nitrogen and oxygen atoms in total. The van der Waals surface area contributed by atoms with Gasteiger partial charge in [-0.1, -0.05) is 24.3 Å². The summed E-state index contributed by atoms with van der Waals surface area (Å²) in [6.45, 7) is 1.61. The van der Waals surface area contributed by atoms with Crippen molar-refractivity contribution in [3.8, 4) is 11.8 Å². The zero-order valence-corrected chi connectivity index (χ0v) is 14.3. The molecule has 2 N–H and O–H groups in total. The minimum absolute atomic E-state index is 0.0672. The van der Waals surface area contributed by atoms with Crippen LogP contribution in [0.3, 0.4) is 0 Å². The number of aromatic nitrogens is 2. The lowest BCUT2D eigenvalue weighted by atomic mass is 10.1. The lowest BCUT2D eigenvalue weighted by molar-refractivity contribution is 0.269. The Bertz CT molecular complexity index is 899. The predicted octanol–water partition coefficient (Wildman–Crippen LogP) is 2.94. The minimum Gasteiger partial charge on any atom is -0.489 e. The fourth-order valence-corrected chi connectivity index (χ4v) is 2.53. The number of ether oxygens (including phenoxy) is 1. The van der Waals surface area contributed by atoms with Gasteiger partial charge in [0, 0.05) is 12.7 Å². The topological polar surface area (TPSA) is 83.1 Å². The molecule has 0 aliphatic heterocycles. The molecule has 6 heteroatoms. The summed E-state index contributed by atoms with van der Waals surface area (Å²) in [5.74, 6) is 0.780. The lowest BCUT2D eigenvalue weighted by Gasteiger charge is -2.09. The van der Waals surface area contributed by atoms with Crippen molar-refractivity contribution < 1.29 is 9.84 Å². The van der Waals surface area contributed by atoms with Crippen molar-refractivity contribution in [1.82, 2.24) is 9.78 Å². The molecular weight excluding hydrogens is 328 g/mol. The van der Waals surface area contributed by atoms with Crippen molar-refractivity contribution in [2.24, 2.45) is 0 Å². The molecule has 0 fully saturated rings. The number of aliphatic hydroxyl groups excluding tert-OH is 1. The van der Waals surface area contributed by atoms with E-state index in [0.717, 1.165) is 22.6 Å². The molecule has 0 aliphatic carbocycles. The van der Waals surface area contributed by atoms with Crippen LogP contribution in [0.2, 0.25) is 0 Å². The van der Waals surface area contributed by atoms with Gasteiger partial charge >= 0.3 is 0 Å². The highest BCUT2D eigenvalue weighted by molar-refractivity contribution is 5.40. The number of aliphatic hydroxyl groups is 1. The van der Waals surface area contributed by atoms with E-state index in [4.69, 9.17) is 15.1 Å². The molecule has 0 atom stereocenters. The number of benzene rings is 2. The molecule has 0 saturated heterocycles. The Morgan fingerprint density at radius 2 is 2.00 bits per heavy atom. The molecule has 132 valence electrons. The van der Waals surface area contributed by atoms with Crippen molar-refractivity contribution in [2.75, 3.05) is 11.9 Å². The van der Waals surface area contributed by atoms with Crippen molar-refractivity contribution in [3.63, 3.8) is 0 Å². The Hall–Kier alpha value is -3.30. The van der Waals surface area contributed by atoms with Crippen molar-refractivity contribution in [3.05, 3.63) is 77.6 Å². The maximum Gasteiger partial charge on any atom is 0.120 e. The molecule has 0 spiro atoms. The summed E-state index contributed by atoms with van der Waals surface area (Å²) >= 11 is 0. The van der Waals surface area contributed by atoms with Gasteiger partial charge in [0.15, 0.2) is 0 Å². The van der Waals surface area contributed by atoms with Crippen LogP contribution in [0.15, 0.2) is 60.9 Å². The first-order valence-corrected chi connectivity index (χ1v) is 8.35. The summed E-state index contributed by atoms with van der Waals surface area (Å²) in [5.41, 5.74) is 3.58. The van der Waals surface area contributed by atoms with E-state index >= 15 is 0 Å². The highest BCUT2D eigenvalue weighted by Gasteiger charge is 2.02. The quantitative estimate of drug-likeness (QED) is 0.654. The molecule has 3 rings (SSSR count). The molecular formula is C20H20N4O2. The standard InChI is InChI=1S/C20H20N4O2/c21-11-16-3-1-5-18(9-16)15-26-20-6-2-4-17(10-20)12-22-19-13-23-24(14-19)7-8-25/h1-6,9-10,13-14,22,25H,7-8,12,15H2. The van der Waals surface area contributed by atoms with Crippen molar-refractivity contribution in [1.29, 1.82) is 5.26 Å². The summed E-state index contributed by atoms with van der Waals surface area (Å²) < 4.78 is 7.53. The number of rotatable bonds is 8. The third-order valence-corrected chi connectivity index (χ3v) is 3.82. The molecule has 3 aromatic rings. The van der Waals surface area contributed by atoms with Gasteiger partial charge in [-0.25, -0.2) is 0 Å². The highest BCUT2D eigenvalue weighted by atomic mass is 16.5. The predicted molar refractivity (Wildman–Crippen MR) is 98.6 cm³/mol. The number of hydrogen-bond acceptors (Lipinski definition) is 5. The van der Waals surface area contributed by atoms with Gasteiger partial charge < -0.3 is 15.2 Å². The molecule has 0 bridgehead atoms. The van der Waals surface area contributed by atoms with E-state index in [0.29, 0.717) is 25.3 Å². The fraction of sp³-hybridized carbons (Fsp3) is 0.200. The van der Waals surface area contributed by atoms with Crippen LogP contribution in [0.5, 0.6) is 5.75 Å². The Balaban J connectivity index is 1.56. The molecule has 0 saturated carbocycles. The largest absolute Gasteiger partial charge is 0.489 e. The monoisotopic (exact) mass is 348 g/mol. The Kier molecular flexibility index (Phi) is 5.86. The molecule has 0 radical (unpaired) electrons. The average molecular weight is 348 g/mol. The zero-order valence-electron chi connectivity index (χ0n) is 14.3. The summed E-state index contributed by atoms with van der Waals surface area (Å²) in [5, 5.41) is 25.3. The number of hydrogen-bond donors (Lipinski definition) is 2. The van der Waals surface area contributed by atoms with Gasteiger partial charge in [0.2, 0.25) is 0 Å². The van der Waals surface area contributed by atoms with Gasteiger partial charge in [0.1, 0.15) is 12.4 Å². The van der Waals surface area contributed by atoms with Crippen LogP contribution in [0.1, 0.15) is 16.7 Å². The number of nitrogens with zero attached hydrogens (tertiary/aromatic N) is 3. The third-order valence-electron chi connectivity index (χ3n) is 3.82. The van der Waals surface area contributed by atoms with Crippen molar-refractivity contribution in [2.45, 2.75) is 19.7 Å². The Labute approximate surface area is 152 Å². The summed E-state index contributed by atoms with van der Waals surface area (Å²) in [6.07, 6.45) is 3.59. The van der Waals surface area contributed by atoms with E-state index in [-0.39, 0.29) is 6.61 Å². The van der Waals surface area contributed by atoms with Gasteiger partial charge in [0.05, 0.1) is 36.7 Å². The van der Waals surface area contributed by atoms with Gasteiger partial charge in [-0.2, -0.15) is 10.4 Å². The Morgan fingerprint density at radius 3 is 2.85 bits per heavy atom. The van der Waals surface area contributed by atoms with Crippen LogP contribution in [0.4, 0.5) is 5.69 Å². The Morgan fingerprint density at radius 1 is 1.15 bits per heavy atom. The smallest absolute Gasteiger partial charge is 0.120 e. The molecule has 0 amide bonds. The van der Waals surface area contributed by atoms with E-state index in [9.17, 15) is 0 Å². The molecule has 2 aromatic carbocycles. The van der Waals surface area contributed by atoms with E-state index in [2.05, 4.69) is 16.5 Å². The summed E-state index contributed by atoms with van der Waals surface area (Å²) in [7, 11) is 0. The maximum absolute atomic E-state index is 8.95. The number of nitriles is 1. The maximum atomic E-state index is 8.95. The van der Waals surface area contributed by atoms with Gasteiger partial charge in [-0.15, -0.1) is 0 Å². The molecule has 1 heterocycles.